The van der Waals surface area contributed by atoms with Gasteiger partial charge < -0.3 is 15.4 Å². The van der Waals surface area contributed by atoms with Crippen molar-refractivity contribution in [3.8, 4) is 0 Å². The Morgan fingerprint density at radius 3 is 2.32 bits per heavy atom. The fourth-order valence-corrected chi connectivity index (χ4v) is 3.08. The summed E-state index contributed by atoms with van der Waals surface area (Å²) in [5.74, 6) is 0. The van der Waals surface area contributed by atoms with Gasteiger partial charge in [0.1, 0.15) is 0 Å². The molecular weight excluding hydrogens is 264 g/mol. The normalized spacial score (nSPS) is 24.5. The molecule has 2 N–H and O–H groups in total. The second-order valence-corrected chi connectivity index (χ2v) is 7.17. The van der Waals surface area contributed by atoms with E-state index in [2.05, 4.69) is 4.90 Å². The Morgan fingerprint density at radius 1 is 1.26 bits per heavy atom. The van der Waals surface area contributed by atoms with E-state index < -0.39 is 9.84 Å². The first-order valence-electron chi connectivity index (χ1n) is 6.27. The van der Waals surface area contributed by atoms with Gasteiger partial charge in [0, 0.05) is 19.3 Å². The molecule has 5 nitrogen and oxygen atoms in total. The van der Waals surface area contributed by atoms with E-state index in [1.165, 1.54) is 12.3 Å². The monoisotopic (exact) mass is 284 g/mol. The zero-order valence-corrected chi connectivity index (χ0v) is 12.3. The predicted octanol–water partition coefficient (Wildman–Crippen LogP) is 1.29. The van der Waals surface area contributed by atoms with Gasteiger partial charge in [-0.1, -0.05) is 0 Å². The molecule has 0 radical (unpaired) electrons. The van der Waals surface area contributed by atoms with Crippen molar-refractivity contribution in [3.05, 3.63) is 18.2 Å². The van der Waals surface area contributed by atoms with Gasteiger partial charge in [0.25, 0.3) is 0 Å². The van der Waals surface area contributed by atoms with Crippen molar-refractivity contribution >= 4 is 21.2 Å². The van der Waals surface area contributed by atoms with E-state index in [1.54, 1.807) is 12.1 Å². The van der Waals surface area contributed by atoms with Crippen molar-refractivity contribution in [2.75, 3.05) is 30.0 Å². The Balaban J connectivity index is 2.31. The summed E-state index contributed by atoms with van der Waals surface area (Å²) in [6.07, 6.45) is 1.45. The van der Waals surface area contributed by atoms with Crippen LogP contribution in [0.4, 0.5) is 11.4 Å². The minimum Gasteiger partial charge on any atom is -0.397 e. The lowest BCUT2D eigenvalue weighted by molar-refractivity contribution is -0.00517. The van der Waals surface area contributed by atoms with Crippen LogP contribution < -0.4 is 10.6 Å². The molecule has 0 aromatic heterocycles. The average Bonchev–Trinajstić information content (AvgIpc) is 2.26. The molecule has 1 aromatic carbocycles. The highest BCUT2D eigenvalue weighted by atomic mass is 32.2. The third-order valence-electron chi connectivity index (χ3n) is 3.19. The molecule has 106 valence electrons. The van der Waals surface area contributed by atoms with Gasteiger partial charge in [0.2, 0.25) is 0 Å². The highest BCUT2D eigenvalue weighted by Crippen LogP contribution is 2.28. The van der Waals surface area contributed by atoms with Gasteiger partial charge >= 0.3 is 0 Å². The maximum atomic E-state index is 11.5. The van der Waals surface area contributed by atoms with E-state index in [-0.39, 0.29) is 17.1 Å². The topological polar surface area (TPSA) is 72.6 Å². The first-order chi connectivity index (χ1) is 8.77. The smallest absolute Gasteiger partial charge is 0.175 e. The lowest BCUT2D eigenvalue weighted by Gasteiger charge is -2.37. The quantitative estimate of drug-likeness (QED) is 0.828. The molecule has 1 fully saturated rings. The summed E-state index contributed by atoms with van der Waals surface area (Å²) in [5.41, 5.74) is 7.35. The molecule has 6 heteroatoms. The number of morpholine rings is 1. The first-order valence-corrected chi connectivity index (χ1v) is 8.16. The Bertz CT molecular complexity index is 561. The van der Waals surface area contributed by atoms with E-state index in [0.29, 0.717) is 5.69 Å². The van der Waals surface area contributed by atoms with Crippen LogP contribution in [0, 0.1) is 0 Å². The van der Waals surface area contributed by atoms with Gasteiger partial charge in [0.05, 0.1) is 28.5 Å². The molecule has 1 aromatic rings. The Kier molecular flexibility index (Phi) is 3.73. The summed E-state index contributed by atoms with van der Waals surface area (Å²) in [6, 6.07) is 4.90. The van der Waals surface area contributed by atoms with Crippen LogP contribution in [-0.2, 0) is 14.6 Å². The summed E-state index contributed by atoms with van der Waals surface area (Å²) in [5, 5.41) is 0. The number of nitrogens with zero attached hydrogens (tertiary/aromatic N) is 1. The first kappa shape index (κ1) is 14.1. The number of anilines is 2. The fraction of sp³-hybridized carbons (Fsp3) is 0.538. The molecule has 0 aliphatic carbocycles. The standard InChI is InChI=1S/C13H20N2O3S/c1-9-7-15(8-10(2)18-9)13-5-4-11(6-12(13)14)19(3,16)17/h4-6,9-10H,7-8,14H2,1-3H3. The number of nitrogen functional groups attached to an aromatic ring is 1. The van der Waals surface area contributed by atoms with Crippen LogP contribution in [-0.4, -0.2) is 40.0 Å². The number of hydrogen-bond donors (Lipinski definition) is 1. The summed E-state index contributed by atoms with van der Waals surface area (Å²) in [6.45, 7) is 5.55. The minimum absolute atomic E-state index is 0.137. The highest BCUT2D eigenvalue weighted by Gasteiger charge is 2.24. The van der Waals surface area contributed by atoms with Gasteiger partial charge in [0.15, 0.2) is 9.84 Å². The van der Waals surface area contributed by atoms with Gasteiger partial charge in [-0.2, -0.15) is 0 Å². The van der Waals surface area contributed by atoms with Crippen molar-refractivity contribution in [2.45, 2.75) is 31.0 Å². The molecule has 1 saturated heterocycles. The Hall–Kier alpha value is -1.27. The van der Waals surface area contributed by atoms with E-state index in [1.807, 2.05) is 13.8 Å². The van der Waals surface area contributed by atoms with E-state index in [4.69, 9.17) is 10.5 Å². The summed E-state index contributed by atoms with van der Waals surface area (Å²) < 4.78 is 28.7. The van der Waals surface area contributed by atoms with Crippen LogP contribution in [0.1, 0.15) is 13.8 Å². The number of ether oxygens (including phenoxy) is 1. The van der Waals surface area contributed by atoms with Gasteiger partial charge in [-0.25, -0.2) is 8.42 Å². The number of rotatable bonds is 2. The Morgan fingerprint density at radius 2 is 1.84 bits per heavy atom. The molecule has 0 amide bonds. The van der Waals surface area contributed by atoms with Crippen LogP contribution in [0.25, 0.3) is 0 Å². The minimum atomic E-state index is -3.22. The highest BCUT2D eigenvalue weighted by molar-refractivity contribution is 7.90. The molecule has 2 rings (SSSR count). The predicted molar refractivity (Wildman–Crippen MR) is 76.2 cm³/mol. The molecule has 1 aliphatic rings. The molecule has 0 spiro atoms. The van der Waals surface area contributed by atoms with Crippen molar-refractivity contribution in [2.24, 2.45) is 0 Å². The van der Waals surface area contributed by atoms with Crippen molar-refractivity contribution in [1.82, 2.24) is 0 Å². The fourth-order valence-electron chi connectivity index (χ4n) is 2.43. The molecule has 0 saturated carbocycles. The third kappa shape index (κ3) is 3.19. The maximum absolute atomic E-state index is 11.5. The van der Waals surface area contributed by atoms with Crippen molar-refractivity contribution in [1.29, 1.82) is 0 Å². The van der Waals surface area contributed by atoms with Gasteiger partial charge in [-0.05, 0) is 32.0 Å². The molecule has 2 unspecified atom stereocenters. The zero-order valence-electron chi connectivity index (χ0n) is 11.5. The summed E-state index contributed by atoms with van der Waals surface area (Å²) >= 11 is 0. The number of sulfone groups is 1. The second kappa shape index (κ2) is 5.02. The SMILES string of the molecule is CC1CN(c2ccc(S(C)(=O)=O)cc2N)CC(C)O1. The van der Waals surface area contributed by atoms with Crippen molar-refractivity contribution in [3.63, 3.8) is 0 Å². The Labute approximate surface area is 114 Å². The number of hydrogen-bond acceptors (Lipinski definition) is 5. The summed E-state index contributed by atoms with van der Waals surface area (Å²) in [4.78, 5) is 2.39. The van der Waals surface area contributed by atoms with Crippen LogP contribution in [0.15, 0.2) is 23.1 Å². The van der Waals surface area contributed by atoms with Gasteiger partial charge in [-0.15, -0.1) is 0 Å². The molecule has 1 heterocycles. The molecule has 2 atom stereocenters. The van der Waals surface area contributed by atoms with Crippen LogP contribution in [0.3, 0.4) is 0 Å². The zero-order chi connectivity index (χ0) is 14.2. The lowest BCUT2D eigenvalue weighted by atomic mass is 10.2. The molecule has 19 heavy (non-hydrogen) atoms. The van der Waals surface area contributed by atoms with E-state index in [9.17, 15) is 8.42 Å². The molecule has 0 bridgehead atoms. The number of nitrogens with two attached hydrogens (primary N) is 1. The van der Waals surface area contributed by atoms with Crippen molar-refractivity contribution < 1.29 is 13.2 Å². The third-order valence-corrected chi connectivity index (χ3v) is 4.30. The number of benzene rings is 1. The van der Waals surface area contributed by atoms with Crippen LogP contribution in [0.2, 0.25) is 0 Å². The summed E-state index contributed by atoms with van der Waals surface area (Å²) in [7, 11) is -3.22. The van der Waals surface area contributed by atoms with Gasteiger partial charge in [-0.3, -0.25) is 0 Å². The van der Waals surface area contributed by atoms with Crippen LogP contribution in [0.5, 0.6) is 0 Å². The molecular formula is C13H20N2O3S. The van der Waals surface area contributed by atoms with Crippen LogP contribution >= 0.6 is 0 Å². The average molecular weight is 284 g/mol. The van der Waals surface area contributed by atoms with E-state index in [0.717, 1.165) is 18.8 Å². The maximum Gasteiger partial charge on any atom is 0.175 e. The largest absolute Gasteiger partial charge is 0.397 e. The van der Waals surface area contributed by atoms with E-state index >= 15 is 0 Å². The lowest BCUT2D eigenvalue weighted by Crippen LogP contribution is -2.45. The second-order valence-electron chi connectivity index (χ2n) is 5.16. The molecule has 1 aliphatic heterocycles.